The molecule has 0 aliphatic heterocycles. The molecule has 0 saturated heterocycles. The Morgan fingerprint density at radius 1 is 1.42 bits per heavy atom. The number of rotatable bonds is 7. The van der Waals surface area contributed by atoms with Gasteiger partial charge in [-0.05, 0) is 31.4 Å². The van der Waals surface area contributed by atoms with Crippen molar-refractivity contribution in [1.29, 1.82) is 0 Å². The molecule has 1 atom stereocenters. The highest BCUT2D eigenvalue weighted by Gasteiger charge is 2.12. The number of benzene rings is 1. The predicted molar refractivity (Wildman–Crippen MR) is 78.8 cm³/mol. The van der Waals surface area contributed by atoms with Gasteiger partial charge in [0.1, 0.15) is 0 Å². The van der Waals surface area contributed by atoms with Crippen molar-refractivity contribution in [3.63, 3.8) is 0 Å². The molecule has 0 aliphatic rings. The average molecular weight is 284 g/mol. The summed E-state index contributed by atoms with van der Waals surface area (Å²) in [7, 11) is 1.64. The van der Waals surface area contributed by atoms with E-state index in [0.717, 1.165) is 17.5 Å². The summed E-state index contributed by atoms with van der Waals surface area (Å²) in [6.07, 6.45) is 1.13. The van der Waals surface area contributed by atoms with Crippen molar-refractivity contribution in [2.45, 2.75) is 32.7 Å². The van der Waals surface area contributed by atoms with E-state index in [0.29, 0.717) is 18.9 Å². The fraction of sp³-hybridized carbons (Fsp3) is 0.533. The monoisotopic (exact) mass is 283 g/mol. The minimum absolute atomic E-state index is 0.00968. The molecule has 1 aromatic rings. The van der Waals surface area contributed by atoms with E-state index in [1.165, 1.54) is 5.56 Å². The number of carbonyl (C=O) groups is 1. The topological polar surface area (TPSA) is 38.3 Å². The predicted octanol–water partition coefficient (Wildman–Crippen LogP) is 2.61. The number of nitrogens with one attached hydrogen (secondary N) is 1. The molecular weight excluding hydrogens is 262 g/mol. The van der Waals surface area contributed by atoms with Crippen LogP contribution in [-0.4, -0.2) is 31.5 Å². The summed E-state index contributed by atoms with van der Waals surface area (Å²) in [6.45, 7) is 4.65. The number of hydrogen-bond donors (Lipinski definition) is 1. The van der Waals surface area contributed by atoms with E-state index < -0.39 is 0 Å². The maximum atomic E-state index is 12.0. The molecule has 0 bridgehead atoms. The van der Waals surface area contributed by atoms with Crippen molar-refractivity contribution >= 4 is 17.5 Å². The smallest absolute Gasteiger partial charge is 0.224 e. The molecule has 0 radical (unpaired) electrons. The lowest BCUT2D eigenvalue weighted by Crippen LogP contribution is -2.38. The molecule has 19 heavy (non-hydrogen) atoms. The first-order chi connectivity index (χ1) is 9.06. The Bertz CT molecular complexity index is 421. The standard InChI is InChI=1S/C15H22ClNO2/c1-11-4-5-12(2)13(8-11)9-15(18)17-14(10-16)6-7-19-3/h4-5,8,14H,6-7,9-10H2,1-3H3,(H,17,18). The number of amides is 1. The van der Waals surface area contributed by atoms with E-state index in [-0.39, 0.29) is 11.9 Å². The quantitative estimate of drug-likeness (QED) is 0.781. The van der Waals surface area contributed by atoms with E-state index in [2.05, 4.69) is 17.4 Å². The summed E-state index contributed by atoms with van der Waals surface area (Å²) in [5, 5.41) is 2.95. The number of aryl methyl sites for hydroxylation is 2. The number of ether oxygens (including phenoxy) is 1. The summed E-state index contributed by atoms with van der Waals surface area (Å²) in [4.78, 5) is 12.0. The Morgan fingerprint density at radius 2 is 2.16 bits per heavy atom. The molecule has 0 fully saturated rings. The van der Waals surface area contributed by atoms with Crippen molar-refractivity contribution < 1.29 is 9.53 Å². The zero-order chi connectivity index (χ0) is 14.3. The van der Waals surface area contributed by atoms with Gasteiger partial charge >= 0.3 is 0 Å². The third-order valence-electron chi connectivity index (χ3n) is 3.08. The lowest BCUT2D eigenvalue weighted by atomic mass is 10.0. The van der Waals surface area contributed by atoms with Gasteiger partial charge in [0.05, 0.1) is 6.42 Å². The number of halogens is 1. The minimum Gasteiger partial charge on any atom is -0.385 e. The van der Waals surface area contributed by atoms with Crippen LogP contribution in [0.5, 0.6) is 0 Å². The van der Waals surface area contributed by atoms with Crippen LogP contribution in [-0.2, 0) is 16.0 Å². The molecule has 0 aromatic heterocycles. The van der Waals surface area contributed by atoms with Gasteiger partial charge in [0.25, 0.3) is 0 Å². The van der Waals surface area contributed by atoms with Crippen LogP contribution in [0.3, 0.4) is 0 Å². The van der Waals surface area contributed by atoms with Gasteiger partial charge in [0.2, 0.25) is 5.91 Å². The molecule has 1 unspecified atom stereocenters. The second-order valence-electron chi connectivity index (χ2n) is 4.81. The van der Waals surface area contributed by atoms with Crippen LogP contribution in [0.4, 0.5) is 0 Å². The zero-order valence-electron chi connectivity index (χ0n) is 11.8. The molecular formula is C15H22ClNO2. The van der Waals surface area contributed by atoms with E-state index in [1.54, 1.807) is 7.11 Å². The van der Waals surface area contributed by atoms with Crippen LogP contribution < -0.4 is 5.32 Å². The van der Waals surface area contributed by atoms with E-state index in [9.17, 15) is 4.79 Å². The third kappa shape index (κ3) is 5.62. The van der Waals surface area contributed by atoms with Gasteiger partial charge in [-0.3, -0.25) is 4.79 Å². The molecule has 1 N–H and O–H groups in total. The first-order valence-corrected chi connectivity index (χ1v) is 7.00. The van der Waals surface area contributed by atoms with Gasteiger partial charge in [-0.25, -0.2) is 0 Å². The minimum atomic E-state index is -0.0285. The molecule has 106 valence electrons. The summed E-state index contributed by atoms with van der Waals surface area (Å²) in [5.74, 6) is 0.414. The maximum absolute atomic E-state index is 12.0. The Hall–Kier alpha value is -1.06. The molecule has 0 saturated carbocycles. The van der Waals surface area contributed by atoms with Crippen molar-refractivity contribution in [1.82, 2.24) is 5.32 Å². The second kappa shape index (κ2) is 8.18. The first kappa shape index (κ1) is 16.0. The van der Waals surface area contributed by atoms with Crippen LogP contribution in [0.2, 0.25) is 0 Å². The van der Waals surface area contributed by atoms with Crippen LogP contribution in [0.1, 0.15) is 23.1 Å². The zero-order valence-corrected chi connectivity index (χ0v) is 12.6. The SMILES string of the molecule is COCCC(CCl)NC(=O)Cc1cc(C)ccc1C. The molecule has 0 aliphatic carbocycles. The lowest BCUT2D eigenvalue weighted by Gasteiger charge is -2.16. The normalized spacial score (nSPS) is 12.2. The molecule has 3 nitrogen and oxygen atoms in total. The average Bonchev–Trinajstić information content (AvgIpc) is 2.38. The summed E-state index contributed by atoms with van der Waals surface area (Å²) in [6, 6.07) is 6.12. The summed E-state index contributed by atoms with van der Waals surface area (Å²) >= 11 is 5.84. The van der Waals surface area contributed by atoms with E-state index in [4.69, 9.17) is 16.3 Å². The maximum Gasteiger partial charge on any atom is 0.224 e. The lowest BCUT2D eigenvalue weighted by molar-refractivity contribution is -0.121. The van der Waals surface area contributed by atoms with E-state index >= 15 is 0 Å². The number of alkyl halides is 1. The molecule has 1 rings (SSSR count). The molecule has 0 spiro atoms. The second-order valence-corrected chi connectivity index (χ2v) is 5.12. The molecule has 1 aromatic carbocycles. The van der Waals surface area contributed by atoms with Gasteiger partial charge in [-0.1, -0.05) is 23.8 Å². The first-order valence-electron chi connectivity index (χ1n) is 6.47. The van der Waals surface area contributed by atoms with Crippen LogP contribution in [0, 0.1) is 13.8 Å². The Balaban J connectivity index is 2.56. The number of hydrogen-bond acceptors (Lipinski definition) is 2. The molecule has 0 heterocycles. The van der Waals surface area contributed by atoms with E-state index in [1.807, 2.05) is 19.9 Å². The fourth-order valence-electron chi connectivity index (χ4n) is 1.89. The van der Waals surface area contributed by atoms with Crippen molar-refractivity contribution in [2.75, 3.05) is 19.6 Å². The molecule has 1 amide bonds. The van der Waals surface area contributed by atoms with Gasteiger partial charge in [0, 0.05) is 25.6 Å². The highest BCUT2D eigenvalue weighted by molar-refractivity contribution is 6.18. The highest BCUT2D eigenvalue weighted by atomic mass is 35.5. The van der Waals surface area contributed by atoms with Crippen LogP contribution >= 0.6 is 11.6 Å². The molecule has 4 heteroatoms. The van der Waals surface area contributed by atoms with Crippen LogP contribution in [0.25, 0.3) is 0 Å². The Kier molecular flexibility index (Phi) is 6.89. The summed E-state index contributed by atoms with van der Waals surface area (Å²) in [5.41, 5.74) is 3.37. The highest BCUT2D eigenvalue weighted by Crippen LogP contribution is 2.11. The number of methoxy groups -OCH3 is 1. The Morgan fingerprint density at radius 3 is 2.79 bits per heavy atom. The third-order valence-corrected chi connectivity index (χ3v) is 3.45. The van der Waals surface area contributed by atoms with Gasteiger partial charge < -0.3 is 10.1 Å². The van der Waals surface area contributed by atoms with Gasteiger partial charge in [-0.2, -0.15) is 0 Å². The Labute approximate surface area is 120 Å². The fourth-order valence-corrected chi connectivity index (χ4v) is 2.12. The largest absolute Gasteiger partial charge is 0.385 e. The van der Waals surface area contributed by atoms with Gasteiger partial charge in [0.15, 0.2) is 0 Å². The van der Waals surface area contributed by atoms with Crippen molar-refractivity contribution in [2.24, 2.45) is 0 Å². The van der Waals surface area contributed by atoms with Crippen LogP contribution in [0.15, 0.2) is 18.2 Å². The van der Waals surface area contributed by atoms with Crippen molar-refractivity contribution in [3.05, 3.63) is 34.9 Å². The number of carbonyl (C=O) groups excluding carboxylic acids is 1. The van der Waals surface area contributed by atoms with Gasteiger partial charge in [-0.15, -0.1) is 11.6 Å². The summed E-state index contributed by atoms with van der Waals surface area (Å²) < 4.78 is 5.00. The van der Waals surface area contributed by atoms with Crippen molar-refractivity contribution in [3.8, 4) is 0 Å².